The quantitative estimate of drug-likeness (QED) is 0.888. The minimum Gasteiger partial charge on any atom is -0.350 e. The molecule has 2 atom stereocenters. The van der Waals surface area contributed by atoms with Gasteiger partial charge in [-0.25, -0.2) is 0 Å². The molecule has 2 heterocycles. The first-order valence-corrected chi connectivity index (χ1v) is 9.88. The second kappa shape index (κ2) is 7.62. The molecule has 1 saturated heterocycles. The number of aryl methyl sites for hydroxylation is 1. The van der Waals surface area contributed by atoms with Crippen molar-refractivity contribution < 1.29 is 9.59 Å². The lowest BCUT2D eigenvalue weighted by molar-refractivity contribution is -0.127. The maximum atomic E-state index is 13.2. The van der Waals surface area contributed by atoms with E-state index in [1.54, 1.807) is 27.8 Å². The van der Waals surface area contributed by atoms with Crippen LogP contribution in [0.5, 0.6) is 0 Å². The van der Waals surface area contributed by atoms with Gasteiger partial charge in [0.05, 0.1) is 12.6 Å². The second-order valence-electron chi connectivity index (χ2n) is 7.80. The Labute approximate surface area is 164 Å². The Kier molecular flexibility index (Phi) is 5.03. The van der Waals surface area contributed by atoms with Crippen molar-refractivity contribution in [1.82, 2.24) is 14.8 Å². The van der Waals surface area contributed by atoms with Gasteiger partial charge in [-0.1, -0.05) is 42.7 Å². The van der Waals surface area contributed by atoms with Crippen molar-refractivity contribution in [3.63, 3.8) is 0 Å². The standard InChI is InChI=1S/C22H25N3O3/c1-15-6-4-7-16(12-15)13-24-11-5-8-17(21(24)27)22(28)25-14-20(26)23-18-9-2-3-10-19(18)25/h4-8,11-12,18-19H,2-3,9-10,13-14H2,1H3,(H,23,26)/t18-,19-/m0/s1. The largest absolute Gasteiger partial charge is 0.350 e. The zero-order valence-corrected chi connectivity index (χ0v) is 16.1. The smallest absolute Gasteiger partial charge is 0.263 e. The summed E-state index contributed by atoms with van der Waals surface area (Å²) in [5.74, 6) is -0.483. The molecule has 1 aromatic carbocycles. The molecule has 4 rings (SSSR count). The maximum Gasteiger partial charge on any atom is 0.263 e. The highest BCUT2D eigenvalue weighted by molar-refractivity contribution is 5.97. The van der Waals surface area contributed by atoms with Gasteiger partial charge >= 0.3 is 0 Å². The Morgan fingerprint density at radius 2 is 1.96 bits per heavy atom. The van der Waals surface area contributed by atoms with Crippen LogP contribution in [0.2, 0.25) is 0 Å². The zero-order valence-electron chi connectivity index (χ0n) is 16.1. The molecule has 6 nitrogen and oxygen atoms in total. The minimum absolute atomic E-state index is 0.00261. The lowest BCUT2D eigenvalue weighted by atomic mass is 9.87. The van der Waals surface area contributed by atoms with Crippen LogP contribution in [0.25, 0.3) is 0 Å². The summed E-state index contributed by atoms with van der Waals surface area (Å²) in [6.45, 7) is 2.44. The lowest BCUT2D eigenvalue weighted by Crippen LogP contribution is -2.63. The van der Waals surface area contributed by atoms with Gasteiger partial charge in [0.25, 0.3) is 11.5 Å². The Bertz CT molecular complexity index is 965. The summed E-state index contributed by atoms with van der Waals surface area (Å²) in [5.41, 5.74) is 1.96. The third kappa shape index (κ3) is 3.59. The molecule has 0 bridgehead atoms. The Morgan fingerprint density at radius 1 is 1.14 bits per heavy atom. The fraction of sp³-hybridized carbons (Fsp3) is 0.409. The molecule has 2 aliphatic rings. The first-order chi connectivity index (χ1) is 13.5. The number of hydrogen-bond donors (Lipinski definition) is 1. The third-order valence-electron chi connectivity index (χ3n) is 5.74. The first kappa shape index (κ1) is 18.5. The summed E-state index contributed by atoms with van der Waals surface area (Å²) in [5, 5.41) is 3.00. The molecule has 146 valence electrons. The van der Waals surface area contributed by atoms with Gasteiger partial charge in [-0.05, 0) is 37.5 Å². The molecule has 1 aromatic heterocycles. The summed E-state index contributed by atoms with van der Waals surface area (Å²) in [4.78, 5) is 39.9. The molecule has 28 heavy (non-hydrogen) atoms. The molecule has 2 aromatic rings. The normalized spacial score (nSPS) is 21.8. The average molecular weight is 379 g/mol. The number of nitrogens with zero attached hydrogens (tertiary/aromatic N) is 2. The van der Waals surface area contributed by atoms with Crippen molar-refractivity contribution in [3.8, 4) is 0 Å². The predicted molar refractivity (Wildman–Crippen MR) is 106 cm³/mol. The highest BCUT2D eigenvalue weighted by atomic mass is 16.2. The fourth-order valence-electron chi connectivity index (χ4n) is 4.39. The molecule has 6 heteroatoms. The van der Waals surface area contributed by atoms with Crippen molar-refractivity contribution in [2.45, 2.75) is 51.2 Å². The second-order valence-corrected chi connectivity index (χ2v) is 7.80. The van der Waals surface area contributed by atoms with Crippen LogP contribution >= 0.6 is 0 Å². The van der Waals surface area contributed by atoms with E-state index >= 15 is 0 Å². The highest BCUT2D eigenvalue weighted by Crippen LogP contribution is 2.26. The zero-order chi connectivity index (χ0) is 19.7. The summed E-state index contributed by atoms with van der Waals surface area (Å²) in [6.07, 6.45) is 5.53. The van der Waals surface area contributed by atoms with Crippen LogP contribution in [0, 0.1) is 6.92 Å². The number of pyridine rings is 1. The number of benzene rings is 1. The summed E-state index contributed by atoms with van der Waals surface area (Å²) in [6, 6.07) is 11.2. The number of hydrogen-bond acceptors (Lipinski definition) is 3. The number of aromatic nitrogens is 1. The van der Waals surface area contributed by atoms with Crippen LogP contribution in [-0.2, 0) is 11.3 Å². The number of carbonyl (C=O) groups excluding carboxylic acids is 2. The van der Waals surface area contributed by atoms with Gasteiger partial charge in [-0.15, -0.1) is 0 Å². The lowest BCUT2D eigenvalue weighted by Gasteiger charge is -2.43. The van der Waals surface area contributed by atoms with Crippen molar-refractivity contribution in [2.24, 2.45) is 0 Å². The van der Waals surface area contributed by atoms with Crippen LogP contribution in [-0.4, -0.2) is 39.9 Å². The van der Waals surface area contributed by atoms with E-state index in [2.05, 4.69) is 5.32 Å². The van der Waals surface area contributed by atoms with Gasteiger partial charge in [-0.3, -0.25) is 14.4 Å². The number of nitrogens with one attached hydrogen (secondary N) is 1. The predicted octanol–water partition coefficient (Wildman–Crippen LogP) is 2.09. The van der Waals surface area contributed by atoms with E-state index in [1.807, 2.05) is 31.2 Å². The first-order valence-electron chi connectivity index (χ1n) is 9.88. The highest BCUT2D eigenvalue weighted by Gasteiger charge is 2.39. The molecule has 1 aliphatic heterocycles. The number of amides is 2. The van der Waals surface area contributed by atoms with Gasteiger partial charge in [0, 0.05) is 12.2 Å². The summed E-state index contributed by atoms with van der Waals surface area (Å²) < 4.78 is 1.56. The van der Waals surface area contributed by atoms with Crippen molar-refractivity contribution in [1.29, 1.82) is 0 Å². The van der Waals surface area contributed by atoms with E-state index in [1.165, 1.54) is 0 Å². The molecule has 2 amide bonds. The van der Waals surface area contributed by atoms with E-state index in [0.29, 0.717) is 6.54 Å². The van der Waals surface area contributed by atoms with Gasteiger partial charge < -0.3 is 14.8 Å². The van der Waals surface area contributed by atoms with E-state index in [0.717, 1.165) is 36.8 Å². The maximum absolute atomic E-state index is 13.2. The molecule has 2 fully saturated rings. The van der Waals surface area contributed by atoms with E-state index in [9.17, 15) is 14.4 Å². The third-order valence-corrected chi connectivity index (χ3v) is 5.74. The van der Waals surface area contributed by atoms with Crippen LogP contribution in [0.3, 0.4) is 0 Å². The monoisotopic (exact) mass is 379 g/mol. The number of piperazine rings is 1. The number of fused-ring (bicyclic) bond motifs is 1. The number of rotatable bonds is 3. The van der Waals surface area contributed by atoms with E-state index < -0.39 is 0 Å². The molecule has 0 spiro atoms. The van der Waals surface area contributed by atoms with Crippen molar-refractivity contribution in [3.05, 3.63) is 69.6 Å². The Balaban J connectivity index is 1.62. The van der Waals surface area contributed by atoms with Crippen LogP contribution in [0.15, 0.2) is 47.4 Å². The molecular formula is C22H25N3O3. The van der Waals surface area contributed by atoms with Crippen LogP contribution in [0.1, 0.15) is 47.2 Å². The Hall–Kier alpha value is -2.89. The molecule has 1 aliphatic carbocycles. The summed E-state index contributed by atoms with van der Waals surface area (Å²) >= 11 is 0. The van der Waals surface area contributed by atoms with Gasteiger partial charge in [-0.2, -0.15) is 0 Å². The van der Waals surface area contributed by atoms with Crippen molar-refractivity contribution >= 4 is 11.8 Å². The molecule has 1 saturated carbocycles. The van der Waals surface area contributed by atoms with Crippen molar-refractivity contribution in [2.75, 3.05) is 6.54 Å². The molecular weight excluding hydrogens is 354 g/mol. The van der Waals surface area contributed by atoms with Gasteiger partial charge in [0.15, 0.2) is 0 Å². The topological polar surface area (TPSA) is 71.4 Å². The minimum atomic E-state index is -0.338. The molecule has 1 N–H and O–H groups in total. The van der Waals surface area contributed by atoms with Crippen LogP contribution in [0.4, 0.5) is 0 Å². The summed E-state index contributed by atoms with van der Waals surface area (Å²) in [7, 11) is 0. The Morgan fingerprint density at radius 3 is 2.79 bits per heavy atom. The van der Waals surface area contributed by atoms with Crippen LogP contribution < -0.4 is 10.9 Å². The number of carbonyl (C=O) groups is 2. The molecule has 0 radical (unpaired) electrons. The average Bonchev–Trinajstić information content (AvgIpc) is 2.68. The van der Waals surface area contributed by atoms with E-state index in [4.69, 9.17) is 0 Å². The molecule has 0 unspecified atom stereocenters. The van der Waals surface area contributed by atoms with Gasteiger partial charge in [0.1, 0.15) is 12.1 Å². The SMILES string of the molecule is Cc1cccc(Cn2cccc(C(=O)N3CC(=O)N[C@H]4CCCC[C@@H]43)c2=O)c1. The van der Waals surface area contributed by atoms with Gasteiger partial charge in [0.2, 0.25) is 5.91 Å². The van der Waals surface area contributed by atoms with E-state index in [-0.39, 0.29) is 41.6 Å². The fourth-order valence-corrected chi connectivity index (χ4v) is 4.39.